The Morgan fingerprint density at radius 2 is 1.55 bits per heavy atom. The van der Waals surface area contributed by atoms with E-state index in [1.165, 1.54) is 0 Å². The van der Waals surface area contributed by atoms with Gasteiger partial charge >= 0.3 is 0 Å². The maximum absolute atomic E-state index is 6.92. The van der Waals surface area contributed by atoms with Crippen molar-refractivity contribution in [3.05, 3.63) is 101 Å². The first kappa shape index (κ1) is 21.3. The maximum Gasteiger partial charge on any atom is 0.213 e. The van der Waals surface area contributed by atoms with E-state index in [1.54, 1.807) is 7.11 Å². The summed E-state index contributed by atoms with van der Waals surface area (Å²) in [5.41, 5.74) is 4.38. The first-order valence-corrected chi connectivity index (χ1v) is 11.3. The number of hydrogen-bond donors (Lipinski definition) is 0. The van der Waals surface area contributed by atoms with E-state index in [9.17, 15) is 0 Å². The van der Waals surface area contributed by atoms with Crippen LogP contribution in [0.3, 0.4) is 0 Å². The molecule has 0 bridgehead atoms. The lowest BCUT2D eigenvalue weighted by Gasteiger charge is -2.48. The van der Waals surface area contributed by atoms with Crippen LogP contribution < -0.4 is 9.47 Å². The van der Waals surface area contributed by atoms with Gasteiger partial charge in [-0.15, -0.1) is 0 Å². The standard InChI is InChI=1S/C29H27NO3/c1-22-26(17-12-23-8-4-3-5-9-23)27-10-6-7-11-28(27)33-29(22,30-18-20-32-21-19-30)24-13-15-25(31-2)16-14-24/h3-11,13-16H,18-21H2,1-2H3/t29-/m0/s1. The zero-order valence-corrected chi connectivity index (χ0v) is 19.0. The number of methoxy groups -OCH3 is 1. The maximum atomic E-state index is 6.92. The van der Waals surface area contributed by atoms with Gasteiger partial charge in [-0.1, -0.05) is 42.2 Å². The van der Waals surface area contributed by atoms with E-state index >= 15 is 0 Å². The van der Waals surface area contributed by atoms with Crippen LogP contribution in [0.1, 0.15) is 23.6 Å². The number of benzene rings is 3. The minimum absolute atomic E-state index is 0.668. The lowest BCUT2D eigenvalue weighted by Crippen LogP contribution is -2.56. The van der Waals surface area contributed by atoms with Crippen LogP contribution >= 0.6 is 0 Å². The molecule has 0 N–H and O–H groups in total. The van der Waals surface area contributed by atoms with Gasteiger partial charge in [0.2, 0.25) is 5.72 Å². The Kier molecular flexibility index (Phi) is 5.92. The van der Waals surface area contributed by atoms with Crippen LogP contribution in [0.25, 0.3) is 5.57 Å². The molecule has 2 aliphatic rings. The van der Waals surface area contributed by atoms with Crippen molar-refractivity contribution in [2.24, 2.45) is 0 Å². The highest BCUT2D eigenvalue weighted by Gasteiger charge is 2.47. The highest BCUT2D eigenvalue weighted by molar-refractivity contribution is 5.87. The van der Waals surface area contributed by atoms with Crippen LogP contribution in [0.5, 0.6) is 11.5 Å². The quantitative estimate of drug-likeness (QED) is 0.534. The third-order valence-electron chi connectivity index (χ3n) is 6.34. The van der Waals surface area contributed by atoms with Gasteiger partial charge in [0.1, 0.15) is 11.5 Å². The molecule has 0 aliphatic carbocycles. The molecule has 0 radical (unpaired) electrons. The zero-order chi connectivity index (χ0) is 22.7. The van der Waals surface area contributed by atoms with Gasteiger partial charge in [0, 0.05) is 40.9 Å². The molecule has 5 rings (SSSR count). The van der Waals surface area contributed by atoms with Crippen LogP contribution in [0.15, 0.2) is 84.4 Å². The molecule has 1 atom stereocenters. The molecule has 2 aliphatic heterocycles. The van der Waals surface area contributed by atoms with Crippen LogP contribution in [0.4, 0.5) is 0 Å². The van der Waals surface area contributed by atoms with Gasteiger partial charge in [0.25, 0.3) is 0 Å². The molecule has 0 saturated carbocycles. The average Bonchev–Trinajstić information content (AvgIpc) is 2.89. The zero-order valence-electron chi connectivity index (χ0n) is 19.0. The molecule has 4 heteroatoms. The fourth-order valence-electron chi connectivity index (χ4n) is 4.64. The number of allylic oxidation sites excluding steroid dienone is 1. The van der Waals surface area contributed by atoms with Crippen LogP contribution in [0.2, 0.25) is 0 Å². The summed E-state index contributed by atoms with van der Waals surface area (Å²) in [5, 5.41) is 0. The average molecular weight is 438 g/mol. The Hall–Kier alpha value is -3.52. The third kappa shape index (κ3) is 3.91. The molecule has 0 spiro atoms. The van der Waals surface area contributed by atoms with Crippen molar-refractivity contribution in [3.63, 3.8) is 0 Å². The summed E-state index contributed by atoms with van der Waals surface area (Å²) >= 11 is 0. The first-order valence-electron chi connectivity index (χ1n) is 11.3. The molecule has 1 fully saturated rings. The molecule has 4 nitrogen and oxygen atoms in total. The molecule has 0 unspecified atom stereocenters. The van der Waals surface area contributed by atoms with Crippen molar-refractivity contribution < 1.29 is 14.2 Å². The van der Waals surface area contributed by atoms with E-state index in [0.717, 1.165) is 52.4 Å². The van der Waals surface area contributed by atoms with Crippen molar-refractivity contribution in [1.82, 2.24) is 4.90 Å². The molecule has 33 heavy (non-hydrogen) atoms. The number of morpholine rings is 1. The molecule has 0 amide bonds. The number of fused-ring (bicyclic) bond motifs is 1. The van der Waals surface area contributed by atoms with E-state index in [1.807, 2.05) is 60.7 Å². The monoisotopic (exact) mass is 437 g/mol. The van der Waals surface area contributed by atoms with E-state index in [-0.39, 0.29) is 0 Å². The van der Waals surface area contributed by atoms with Gasteiger partial charge in [-0.2, -0.15) is 0 Å². The first-order chi connectivity index (χ1) is 16.2. The Bertz CT molecular complexity index is 1210. The normalized spacial score (nSPS) is 20.3. The molecule has 3 aromatic carbocycles. The SMILES string of the molecule is COc1ccc([C@@]2(N3CCOCC3)Oc3ccccc3C(C#Cc3ccccc3)=C2C)cc1. The van der Waals surface area contributed by atoms with Crippen molar-refractivity contribution in [1.29, 1.82) is 0 Å². The van der Waals surface area contributed by atoms with Crippen LogP contribution in [0, 0.1) is 11.8 Å². The molecule has 1 saturated heterocycles. The summed E-state index contributed by atoms with van der Waals surface area (Å²) in [6, 6.07) is 26.4. The van der Waals surface area contributed by atoms with Gasteiger partial charge in [0.05, 0.1) is 20.3 Å². The third-order valence-corrected chi connectivity index (χ3v) is 6.34. The predicted molar refractivity (Wildman–Crippen MR) is 130 cm³/mol. The Balaban J connectivity index is 1.73. The minimum Gasteiger partial charge on any atom is -0.497 e. The fourth-order valence-corrected chi connectivity index (χ4v) is 4.64. The second-order valence-corrected chi connectivity index (χ2v) is 8.19. The molecular weight excluding hydrogens is 410 g/mol. The molecule has 2 heterocycles. The summed E-state index contributed by atoms with van der Waals surface area (Å²) in [4.78, 5) is 2.37. The predicted octanol–water partition coefficient (Wildman–Crippen LogP) is 5.10. The van der Waals surface area contributed by atoms with Gasteiger partial charge in [-0.05, 0) is 55.5 Å². The van der Waals surface area contributed by atoms with Gasteiger partial charge < -0.3 is 14.2 Å². The van der Waals surface area contributed by atoms with Crippen molar-refractivity contribution >= 4 is 5.57 Å². The number of para-hydroxylation sites is 1. The number of hydrogen-bond acceptors (Lipinski definition) is 4. The Labute approximate surface area is 195 Å². The highest BCUT2D eigenvalue weighted by atomic mass is 16.5. The molecular formula is C29H27NO3. The summed E-state index contributed by atoms with van der Waals surface area (Å²) in [5.74, 6) is 8.52. The minimum atomic E-state index is -0.773. The lowest BCUT2D eigenvalue weighted by molar-refractivity contribution is -0.106. The largest absolute Gasteiger partial charge is 0.497 e. The summed E-state index contributed by atoms with van der Waals surface area (Å²) in [7, 11) is 1.68. The molecule has 3 aromatic rings. The van der Waals surface area contributed by atoms with Crippen LogP contribution in [-0.2, 0) is 10.5 Å². The smallest absolute Gasteiger partial charge is 0.213 e. The number of ether oxygens (including phenoxy) is 3. The van der Waals surface area contributed by atoms with Crippen LogP contribution in [-0.4, -0.2) is 38.3 Å². The number of rotatable bonds is 3. The van der Waals surface area contributed by atoms with Crippen molar-refractivity contribution in [3.8, 4) is 23.3 Å². The highest BCUT2D eigenvalue weighted by Crippen LogP contribution is 2.48. The topological polar surface area (TPSA) is 30.9 Å². The number of nitrogens with zero attached hydrogens (tertiary/aromatic N) is 1. The van der Waals surface area contributed by atoms with Gasteiger partial charge in [0.15, 0.2) is 0 Å². The van der Waals surface area contributed by atoms with Crippen molar-refractivity contribution in [2.75, 3.05) is 33.4 Å². The molecule has 0 aromatic heterocycles. The van der Waals surface area contributed by atoms with Gasteiger partial charge in [-0.3, -0.25) is 4.90 Å². The second kappa shape index (κ2) is 9.15. The Morgan fingerprint density at radius 1 is 0.848 bits per heavy atom. The van der Waals surface area contributed by atoms with Crippen molar-refractivity contribution in [2.45, 2.75) is 12.6 Å². The second-order valence-electron chi connectivity index (χ2n) is 8.19. The van der Waals surface area contributed by atoms with E-state index < -0.39 is 5.72 Å². The van der Waals surface area contributed by atoms with Gasteiger partial charge in [-0.25, -0.2) is 0 Å². The summed E-state index contributed by atoms with van der Waals surface area (Å²) in [6.45, 7) is 5.02. The summed E-state index contributed by atoms with van der Waals surface area (Å²) in [6.07, 6.45) is 0. The van der Waals surface area contributed by atoms with E-state index in [0.29, 0.717) is 13.2 Å². The Morgan fingerprint density at radius 3 is 2.27 bits per heavy atom. The van der Waals surface area contributed by atoms with E-state index in [2.05, 4.69) is 41.9 Å². The fraction of sp³-hybridized carbons (Fsp3) is 0.241. The lowest BCUT2D eigenvalue weighted by atomic mass is 9.84. The molecule has 166 valence electrons. The van der Waals surface area contributed by atoms with E-state index in [4.69, 9.17) is 14.2 Å². The summed E-state index contributed by atoms with van der Waals surface area (Å²) < 4.78 is 18.0.